The lowest BCUT2D eigenvalue weighted by Crippen LogP contribution is -2.19. The molecule has 0 saturated heterocycles. The molecule has 0 aliphatic rings. The van der Waals surface area contributed by atoms with Gasteiger partial charge in [-0.2, -0.15) is 0 Å². The molecule has 18 heavy (non-hydrogen) atoms. The van der Waals surface area contributed by atoms with E-state index in [-0.39, 0.29) is 6.04 Å². The summed E-state index contributed by atoms with van der Waals surface area (Å²) in [6, 6.07) is 15.9. The molecule has 2 rings (SSSR count). The Morgan fingerprint density at radius 1 is 1.11 bits per heavy atom. The highest BCUT2D eigenvalue weighted by Gasteiger charge is 2.07. The van der Waals surface area contributed by atoms with Gasteiger partial charge in [-0.05, 0) is 40.5 Å². The topological polar surface area (TPSA) is 35.2 Å². The number of ether oxygens (including phenoxy) is 1. The van der Waals surface area contributed by atoms with Crippen molar-refractivity contribution in [3.8, 4) is 5.75 Å². The van der Waals surface area contributed by atoms with Gasteiger partial charge in [-0.3, -0.25) is 0 Å². The number of rotatable bonds is 4. The third-order valence-electron chi connectivity index (χ3n) is 2.76. The van der Waals surface area contributed by atoms with Crippen molar-refractivity contribution in [2.45, 2.75) is 13.0 Å². The van der Waals surface area contributed by atoms with Crippen LogP contribution in [-0.4, -0.2) is 6.61 Å². The van der Waals surface area contributed by atoms with E-state index in [4.69, 9.17) is 10.5 Å². The van der Waals surface area contributed by atoms with Crippen LogP contribution in [0.2, 0.25) is 0 Å². The first-order valence-corrected chi connectivity index (χ1v) is 6.65. The molecule has 94 valence electrons. The van der Waals surface area contributed by atoms with E-state index in [1.807, 2.05) is 36.4 Å². The monoisotopic (exact) mass is 305 g/mol. The number of aryl methyl sites for hydroxylation is 1. The summed E-state index contributed by atoms with van der Waals surface area (Å²) in [5.41, 5.74) is 8.43. The molecule has 0 aliphatic heterocycles. The van der Waals surface area contributed by atoms with Crippen LogP contribution in [-0.2, 0) is 0 Å². The Balaban J connectivity index is 1.98. The summed E-state index contributed by atoms with van der Waals surface area (Å²) in [5, 5.41) is 0. The van der Waals surface area contributed by atoms with Crippen LogP contribution in [0.3, 0.4) is 0 Å². The summed E-state index contributed by atoms with van der Waals surface area (Å²) < 4.78 is 6.66. The fourth-order valence-corrected chi connectivity index (χ4v) is 2.05. The van der Waals surface area contributed by atoms with Crippen LogP contribution in [0.5, 0.6) is 5.75 Å². The maximum Gasteiger partial charge on any atom is 0.133 e. The first-order valence-electron chi connectivity index (χ1n) is 5.86. The van der Waals surface area contributed by atoms with Crippen LogP contribution in [0.4, 0.5) is 0 Å². The first-order chi connectivity index (χ1) is 8.66. The zero-order valence-electron chi connectivity index (χ0n) is 10.3. The SMILES string of the molecule is Cc1ccc(C(N)COc2ccccc2Br)cc1. The van der Waals surface area contributed by atoms with Gasteiger partial charge in [-0.25, -0.2) is 0 Å². The predicted molar refractivity (Wildman–Crippen MR) is 77.7 cm³/mol. The standard InChI is InChI=1S/C15H16BrNO/c1-11-6-8-12(9-7-11)14(17)10-18-15-5-3-2-4-13(15)16/h2-9,14H,10,17H2,1H3. The molecule has 0 amide bonds. The molecule has 2 nitrogen and oxygen atoms in total. The third kappa shape index (κ3) is 3.34. The Kier molecular flexibility index (Phi) is 4.39. The van der Waals surface area contributed by atoms with Crippen LogP contribution in [0.15, 0.2) is 53.0 Å². The molecular formula is C15H16BrNO. The maximum absolute atomic E-state index is 6.10. The minimum Gasteiger partial charge on any atom is -0.490 e. The van der Waals surface area contributed by atoms with Crippen molar-refractivity contribution in [3.63, 3.8) is 0 Å². The molecule has 0 radical (unpaired) electrons. The summed E-state index contributed by atoms with van der Waals surface area (Å²) in [6.45, 7) is 2.53. The minimum absolute atomic E-state index is 0.113. The molecule has 0 fully saturated rings. The van der Waals surface area contributed by atoms with Gasteiger partial charge in [0.15, 0.2) is 0 Å². The number of benzene rings is 2. The number of hydrogen-bond donors (Lipinski definition) is 1. The highest BCUT2D eigenvalue weighted by Crippen LogP contribution is 2.24. The maximum atomic E-state index is 6.10. The fourth-order valence-electron chi connectivity index (χ4n) is 1.65. The lowest BCUT2D eigenvalue weighted by molar-refractivity contribution is 0.289. The van der Waals surface area contributed by atoms with Crippen LogP contribution in [0, 0.1) is 6.92 Å². The second-order valence-electron chi connectivity index (χ2n) is 4.26. The molecule has 0 spiro atoms. The Morgan fingerprint density at radius 3 is 2.44 bits per heavy atom. The largest absolute Gasteiger partial charge is 0.490 e. The van der Waals surface area contributed by atoms with Crippen LogP contribution >= 0.6 is 15.9 Å². The Bertz CT molecular complexity index is 510. The highest BCUT2D eigenvalue weighted by molar-refractivity contribution is 9.10. The van der Waals surface area contributed by atoms with Crippen molar-refractivity contribution >= 4 is 15.9 Å². The first kappa shape index (κ1) is 13.1. The van der Waals surface area contributed by atoms with Gasteiger partial charge in [-0.15, -0.1) is 0 Å². The molecule has 0 heterocycles. The smallest absolute Gasteiger partial charge is 0.133 e. The van der Waals surface area contributed by atoms with Crippen molar-refractivity contribution in [1.29, 1.82) is 0 Å². The van der Waals surface area contributed by atoms with Crippen molar-refractivity contribution in [1.82, 2.24) is 0 Å². The van der Waals surface area contributed by atoms with Gasteiger partial charge >= 0.3 is 0 Å². The van der Waals surface area contributed by atoms with E-state index >= 15 is 0 Å². The molecule has 2 aromatic carbocycles. The van der Waals surface area contributed by atoms with Crippen molar-refractivity contribution in [2.24, 2.45) is 5.73 Å². The lowest BCUT2D eigenvalue weighted by atomic mass is 10.1. The zero-order chi connectivity index (χ0) is 13.0. The van der Waals surface area contributed by atoms with Gasteiger partial charge < -0.3 is 10.5 Å². The van der Waals surface area contributed by atoms with Crippen molar-refractivity contribution < 1.29 is 4.74 Å². The molecule has 0 saturated carbocycles. The summed E-state index contributed by atoms with van der Waals surface area (Å²) >= 11 is 3.45. The molecule has 2 N–H and O–H groups in total. The van der Waals surface area contributed by atoms with E-state index in [9.17, 15) is 0 Å². The highest BCUT2D eigenvalue weighted by atomic mass is 79.9. The van der Waals surface area contributed by atoms with E-state index in [0.717, 1.165) is 15.8 Å². The van der Waals surface area contributed by atoms with Gasteiger partial charge in [0.25, 0.3) is 0 Å². The predicted octanol–water partition coefficient (Wildman–Crippen LogP) is 3.84. The quantitative estimate of drug-likeness (QED) is 0.931. The van der Waals surface area contributed by atoms with E-state index in [1.54, 1.807) is 0 Å². The molecule has 0 aromatic heterocycles. The molecule has 1 atom stereocenters. The van der Waals surface area contributed by atoms with Crippen LogP contribution < -0.4 is 10.5 Å². The average Bonchev–Trinajstić information content (AvgIpc) is 2.38. The van der Waals surface area contributed by atoms with Gasteiger partial charge in [-0.1, -0.05) is 42.0 Å². The molecular weight excluding hydrogens is 290 g/mol. The Labute approximate surface area is 116 Å². The minimum atomic E-state index is -0.113. The van der Waals surface area contributed by atoms with E-state index in [2.05, 4.69) is 35.0 Å². The summed E-state index contributed by atoms with van der Waals surface area (Å²) in [4.78, 5) is 0. The number of hydrogen-bond acceptors (Lipinski definition) is 2. The molecule has 0 bridgehead atoms. The fraction of sp³-hybridized carbons (Fsp3) is 0.200. The second-order valence-corrected chi connectivity index (χ2v) is 5.11. The van der Waals surface area contributed by atoms with E-state index < -0.39 is 0 Å². The van der Waals surface area contributed by atoms with Crippen LogP contribution in [0.1, 0.15) is 17.2 Å². The number of halogens is 1. The molecule has 3 heteroatoms. The van der Waals surface area contributed by atoms with Gasteiger partial charge in [0, 0.05) is 0 Å². The van der Waals surface area contributed by atoms with Gasteiger partial charge in [0.2, 0.25) is 0 Å². The van der Waals surface area contributed by atoms with Crippen molar-refractivity contribution in [3.05, 3.63) is 64.1 Å². The van der Waals surface area contributed by atoms with E-state index in [1.165, 1.54) is 5.56 Å². The summed E-state index contributed by atoms with van der Waals surface area (Å²) in [6.07, 6.45) is 0. The van der Waals surface area contributed by atoms with E-state index in [0.29, 0.717) is 6.61 Å². The molecule has 0 aliphatic carbocycles. The molecule has 2 aromatic rings. The Morgan fingerprint density at radius 2 is 1.78 bits per heavy atom. The number of nitrogens with two attached hydrogens (primary N) is 1. The van der Waals surface area contributed by atoms with Crippen molar-refractivity contribution in [2.75, 3.05) is 6.61 Å². The van der Waals surface area contributed by atoms with Crippen LogP contribution in [0.25, 0.3) is 0 Å². The normalized spacial score (nSPS) is 12.2. The Hall–Kier alpha value is -1.32. The number of para-hydroxylation sites is 1. The third-order valence-corrected chi connectivity index (χ3v) is 3.42. The average molecular weight is 306 g/mol. The molecule has 1 unspecified atom stereocenters. The van der Waals surface area contributed by atoms with Gasteiger partial charge in [0.1, 0.15) is 12.4 Å². The summed E-state index contributed by atoms with van der Waals surface area (Å²) in [7, 11) is 0. The summed E-state index contributed by atoms with van der Waals surface area (Å²) in [5.74, 6) is 0.820. The lowest BCUT2D eigenvalue weighted by Gasteiger charge is -2.14. The van der Waals surface area contributed by atoms with Gasteiger partial charge in [0.05, 0.1) is 10.5 Å². The second kappa shape index (κ2) is 6.03. The zero-order valence-corrected chi connectivity index (χ0v) is 11.9.